The molecule has 108 valence electrons. The highest BCUT2D eigenvalue weighted by atomic mass is 16.5. The lowest BCUT2D eigenvalue weighted by atomic mass is 10.0. The second-order valence-corrected chi connectivity index (χ2v) is 4.16. The number of hydrogen-bond donors (Lipinski definition) is 1. The molecule has 0 atom stereocenters. The quantitative estimate of drug-likeness (QED) is 0.874. The third-order valence-corrected chi connectivity index (χ3v) is 2.58. The van der Waals surface area contributed by atoms with Gasteiger partial charge in [-0.2, -0.15) is 0 Å². The van der Waals surface area contributed by atoms with E-state index in [1.165, 1.54) is 7.11 Å². The lowest BCUT2D eigenvalue weighted by Crippen LogP contribution is -1.90. The van der Waals surface area contributed by atoms with Gasteiger partial charge in [-0.05, 0) is 37.1 Å². The van der Waals surface area contributed by atoms with Crippen LogP contribution in [0.3, 0.4) is 0 Å². The molecule has 0 aliphatic heterocycles. The molecule has 2 rings (SSSR count). The third-order valence-electron chi connectivity index (χ3n) is 2.58. The van der Waals surface area contributed by atoms with Crippen LogP contribution in [-0.2, 0) is 9.53 Å². The molecule has 0 fully saturated rings. The molecular formula is C15H18O5. The summed E-state index contributed by atoms with van der Waals surface area (Å²) in [7, 11) is 2.89. The van der Waals surface area contributed by atoms with Crippen LogP contribution in [0, 0.1) is 13.8 Å². The molecule has 1 aromatic heterocycles. The van der Waals surface area contributed by atoms with Crippen LogP contribution in [0.4, 0.5) is 0 Å². The predicted octanol–water partition coefficient (Wildman–Crippen LogP) is 3.07. The Morgan fingerprint density at radius 1 is 1.20 bits per heavy atom. The average molecular weight is 278 g/mol. The number of benzene rings is 1. The molecule has 1 N–H and O–H groups in total. The van der Waals surface area contributed by atoms with Crippen molar-refractivity contribution in [1.82, 2.24) is 0 Å². The fraction of sp³-hybridized carbons (Fsp3) is 0.267. The van der Waals surface area contributed by atoms with Crippen molar-refractivity contribution in [2.75, 3.05) is 14.2 Å². The Balaban J connectivity index is 0.000000444. The van der Waals surface area contributed by atoms with Gasteiger partial charge in [-0.15, -0.1) is 0 Å². The lowest BCUT2D eigenvalue weighted by molar-refractivity contribution is -0.126. The number of hydrogen-bond acceptors (Lipinski definition) is 5. The number of furan rings is 1. The zero-order chi connectivity index (χ0) is 15.1. The highest BCUT2D eigenvalue weighted by molar-refractivity contribution is 5.71. The number of carbonyl (C=O) groups excluding carboxylic acids is 1. The number of methoxy groups -OCH3 is 2. The summed E-state index contributed by atoms with van der Waals surface area (Å²) in [5.74, 6) is 1.57. The highest BCUT2D eigenvalue weighted by Crippen LogP contribution is 2.37. The van der Waals surface area contributed by atoms with Gasteiger partial charge in [0, 0.05) is 6.07 Å². The topological polar surface area (TPSA) is 68.9 Å². The van der Waals surface area contributed by atoms with E-state index < -0.39 is 0 Å². The van der Waals surface area contributed by atoms with Gasteiger partial charge < -0.3 is 19.0 Å². The standard InChI is InChI=1S/C13H14O3.C2H4O2/c1-8-4-12(16-7-8)13-9(2)5-10(14)6-11(13)15-3;1-4-2-3/h4-7,14H,1-3H3;2H,1H3. The van der Waals surface area contributed by atoms with E-state index in [0.717, 1.165) is 22.5 Å². The van der Waals surface area contributed by atoms with E-state index in [1.54, 1.807) is 25.5 Å². The van der Waals surface area contributed by atoms with Gasteiger partial charge in [0.25, 0.3) is 6.47 Å². The van der Waals surface area contributed by atoms with E-state index in [0.29, 0.717) is 12.2 Å². The SMILES string of the molecule is COC=O.COc1cc(O)cc(C)c1-c1cc(C)co1. The largest absolute Gasteiger partial charge is 0.508 e. The smallest absolute Gasteiger partial charge is 0.292 e. The molecule has 0 aliphatic carbocycles. The molecule has 5 heteroatoms. The first-order chi connectivity index (χ1) is 9.53. The van der Waals surface area contributed by atoms with E-state index >= 15 is 0 Å². The van der Waals surface area contributed by atoms with E-state index in [2.05, 4.69) is 4.74 Å². The summed E-state index contributed by atoms with van der Waals surface area (Å²) >= 11 is 0. The van der Waals surface area contributed by atoms with Crippen molar-refractivity contribution in [2.24, 2.45) is 0 Å². The maximum atomic E-state index is 9.49. The number of carbonyl (C=O) groups is 1. The van der Waals surface area contributed by atoms with Gasteiger partial charge in [0.2, 0.25) is 0 Å². The van der Waals surface area contributed by atoms with Crippen LogP contribution in [-0.4, -0.2) is 25.8 Å². The Morgan fingerprint density at radius 3 is 2.30 bits per heavy atom. The Bertz CT molecular complexity index is 572. The molecule has 0 saturated carbocycles. The van der Waals surface area contributed by atoms with Crippen LogP contribution in [0.25, 0.3) is 11.3 Å². The molecule has 0 unspecified atom stereocenters. The van der Waals surface area contributed by atoms with E-state index in [4.69, 9.17) is 13.9 Å². The second kappa shape index (κ2) is 7.23. The minimum atomic E-state index is 0.196. The van der Waals surface area contributed by atoms with Crippen molar-refractivity contribution in [3.63, 3.8) is 0 Å². The minimum Gasteiger partial charge on any atom is -0.508 e. The van der Waals surface area contributed by atoms with Crippen LogP contribution in [0.15, 0.2) is 28.9 Å². The second-order valence-electron chi connectivity index (χ2n) is 4.16. The van der Waals surface area contributed by atoms with Crippen LogP contribution < -0.4 is 4.74 Å². The number of aryl methyl sites for hydroxylation is 2. The highest BCUT2D eigenvalue weighted by Gasteiger charge is 2.13. The molecule has 5 nitrogen and oxygen atoms in total. The summed E-state index contributed by atoms with van der Waals surface area (Å²) in [5, 5.41) is 9.49. The predicted molar refractivity (Wildman–Crippen MR) is 74.9 cm³/mol. The summed E-state index contributed by atoms with van der Waals surface area (Å²) < 4.78 is 14.6. The molecule has 2 aromatic rings. The van der Waals surface area contributed by atoms with Crippen molar-refractivity contribution >= 4 is 6.47 Å². The van der Waals surface area contributed by atoms with Gasteiger partial charge in [0.15, 0.2) is 0 Å². The molecule has 1 aromatic carbocycles. The molecule has 0 bridgehead atoms. The number of ether oxygens (including phenoxy) is 2. The first kappa shape index (κ1) is 15.6. The van der Waals surface area contributed by atoms with Crippen LogP contribution in [0.2, 0.25) is 0 Å². The summed E-state index contributed by atoms with van der Waals surface area (Å²) in [4.78, 5) is 8.95. The summed E-state index contributed by atoms with van der Waals surface area (Å²) in [5.41, 5.74) is 2.86. The molecule has 20 heavy (non-hydrogen) atoms. The van der Waals surface area contributed by atoms with Gasteiger partial charge in [-0.1, -0.05) is 0 Å². The van der Waals surface area contributed by atoms with Crippen molar-refractivity contribution < 1.29 is 23.8 Å². The van der Waals surface area contributed by atoms with Crippen molar-refractivity contribution in [3.8, 4) is 22.8 Å². The summed E-state index contributed by atoms with van der Waals surface area (Å²) in [6.45, 7) is 4.25. The van der Waals surface area contributed by atoms with E-state index in [1.807, 2.05) is 19.9 Å². The summed E-state index contributed by atoms with van der Waals surface area (Å²) in [6.07, 6.45) is 1.70. The maximum Gasteiger partial charge on any atom is 0.292 e. The Hall–Kier alpha value is -2.43. The molecular weight excluding hydrogens is 260 g/mol. The zero-order valence-corrected chi connectivity index (χ0v) is 12.0. The first-order valence-corrected chi connectivity index (χ1v) is 5.93. The van der Waals surface area contributed by atoms with Crippen molar-refractivity contribution in [1.29, 1.82) is 0 Å². The molecule has 0 aliphatic rings. The normalized spacial score (nSPS) is 9.40. The van der Waals surface area contributed by atoms with Gasteiger partial charge in [-0.3, -0.25) is 4.79 Å². The van der Waals surface area contributed by atoms with Gasteiger partial charge in [-0.25, -0.2) is 0 Å². The van der Waals surface area contributed by atoms with Crippen molar-refractivity contribution in [2.45, 2.75) is 13.8 Å². The number of phenolic OH excluding ortho intramolecular Hbond substituents is 1. The average Bonchev–Trinajstić information content (AvgIpc) is 2.84. The minimum absolute atomic E-state index is 0.196. The Labute approximate surface area is 117 Å². The fourth-order valence-corrected chi connectivity index (χ4v) is 1.78. The Kier molecular flexibility index (Phi) is 5.65. The number of phenols is 1. The zero-order valence-electron chi connectivity index (χ0n) is 12.0. The molecule has 0 saturated heterocycles. The molecule has 1 heterocycles. The van der Waals surface area contributed by atoms with E-state index in [-0.39, 0.29) is 5.75 Å². The number of rotatable bonds is 3. The van der Waals surface area contributed by atoms with Gasteiger partial charge >= 0.3 is 0 Å². The monoisotopic (exact) mass is 278 g/mol. The fourth-order valence-electron chi connectivity index (χ4n) is 1.78. The molecule has 0 spiro atoms. The van der Waals surface area contributed by atoms with Crippen LogP contribution in [0.1, 0.15) is 11.1 Å². The van der Waals surface area contributed by atoms with E-state index in [9.17, 15) is 5.11 Å². The third kappa shape index (κ3) is 3.78. The molecule has 0 radical (unpaired) electrons. The maximum absolute atomic E-state index is 9.49. The van der Waals surface area contributed by atoms with Gasteiger partial charge in [0.05, 0.1) is 26.0 Å². The first-order valence-electron chi connectivity index (χ1n) is 5.93. The van der Waals surface area contributed by atoms with Crippen LogP contribution in [0.5, 0.6) is 11.5 Å². The Morgan fingerprint density at radius 2 is 1.85 bits per heavy atom. The summed E-state index contributed by atoms with van der Waals surface area (Å²) in [6, 6.07) is 5.22. The number of aromatic hydroxyl groups is 1. The van der Waals surface area contributed by atoms with Gasteiger partial charge in [0.1, 0.15) is 17.3 Å². The van der Waals surface area contributed by atoms with Crippen LogP contribution >= 0.6 is 0 Å². The lowest BCUT2D eigenvalue weighted by Gasteiger charge is -2.09. The van der Waals surface area contributed by atoms with Crippen molar-refractivity contribution in [3.05, 3.63) is 35.6 Å². The molecule has 0 amide bonds.